The normalized spacial score (nSPS) is 12.2. The van der Waals surface area contributed by atoms with E-state index in [0.717, 1.165) is 6.42 Å². The van der Waals surface area contributed by atoms with E-state index in [4.69, 9.17) is 0 Å². The number of fused-ring (bicyclic) bond motifs is 3. The highest BCUT2D eigenvalue weighted by atomic mass is 79.9. The van der Waals surface area contributed by atoms with E-state index in [9.17, 15) is 0 Å². The van der Waals surface area contributed by atoms with Crippen LogP contribution in [0.15, 0.2) is 34.8 Å². The second kappa shape index (κ2) is 12.7. The number of rotatable bonds is 14. The number of halogens is 1. The summed E-state index contributed by atoms with van der Waals surface area (Å²) in [7, 11) is 0. The smallest absolute Gasteiger partial charge is 0.0251 e. The van der Waals surface area contributed by atoms with Crippen molar-refractivity contribution in [3.8, 4) is 11.1 Å². The lowest BCUT2D eigenvalue weighted by Crippen LogP contribution is -2.01. The topological polar surface area (TPSA) is 0 Å². The van der Waals surface area contributed by atoms with E-state index in [2.05, 4.69) is 60.1 Å². The summed E-state index contributed by atoms with van der Waals surface area (Å²) in [5.41, 5.74) is 9.21. The predicted molar refractivity (Wildman–Crippen MR) is 137 cm³/mol. The first kappa shape index (κ1) is 23.6. The molecule has 0 heterocycles. The molecule has 0 aliphatic heterocycles. The molecule has 0 nitrogen and oxygen atoms in total. The summed E-state index contributed by atoms with van der Waals surface area (Å²) in [6.07, 6.45) is 20.0. The SMILES string of the molecule is CCCCCCCCc1cc2c(c(Br)c1CCCCCCCC)Cc1ccccc1-2. The number of unbranched alkanes of at least 4 members (excludes halogenated alkanes) is 10. The van der Waals surface area contributed by atoms with Gasteiger partial charge in [0.1, 0.15) is 0 Å². The monoisotopic (exact) mass is 468 g/mol. The highest BCUT2D eigenvalue weighted by molar-refractivity contribution is 9.10. The van der Waals surface area contributed by atoms with Crippen molar-refractivity contribution in [2.24, 2.45) is 0 Å². The van der Waals surface area contributed by atoms with Gasteiger partial charge in [0.2, 0.25) is 0 Å². The minimum Gasteiger partial charge on any atom is -0.0654 e. The standard InChI is InChI=1S/C29H41Br/c1-3-5-7-9-11-13-17-24-21-27-25-19-16-15-18-23(25)22-28(27)29(30)26(24)20-14-12-10-8-6-4-2/h15-16,18-19,21H,3-14,17,20,22H2,1-2H3. The first-order valence-electron chi connectivity index (χ1n) is 12.7. The van der Waals surface area contributed by atoms with E-state index in [-0.39, 0.29) is 0 Å². The number of benzene rings is 2. The summed E-state index contributed by atoms with van der Waals surface area (Å²) >= 11 is 4.08. The summed E-state index contributed by atoms with van der Waals surface area (Å²) in [4.78, 5) is 0. The molecule has 0 aromatic heterocycles. The van der Waals surface area contributed by atoms with Crippen LogP contribution < -0.4 is 0 Å². The van der Waals surface area contributed by atoms with Gasteiger partial charge in [-0.3, -0.25) is 0 Å². The van der Waals surface area contributed by atoms with Gasteiger partial charge in [-0.2, -0.15) is 0 Å². The van der Waals surface area contributed by atoms with Crippen LogP contribution >= 0.6 is 15.9 Å². The van der Waals surface area contributed by atoms with Crippen molar-refractivity contribution >= 4 is 15.9 Å². The summed E-state index contributed by atoms with van der Waals surface area (Å²) in [6, 6.07) is 11.6. The van der Waals surface area contributed by atoms with Crippen LogP contribution in [0.3, 0.4) is 0 Å². The Kier molecular flexibility index (Phi) is 9.98. The average molecular weight is 470 g/mol. The van der Waals surface area contributed by atoms with E-state index in [0.29, 0.717) is 0 Å². The fraction of sp³-hybridized carbons (Fsp3) is 0.586. The Bertz CT molecular complexity index is 789. The summed E-state index contributed by atoms with van der Waals surface area (Å²) < 4.78 is 1.42. The molecule has 0 unspecified atom stereocenters. The lowest BCUT2D eigenvalue weighted by Gasteiger charge is -2.17. The molecule has 0 fully saturated rings. The number of hydrogen-bond donors (Lipinski definition) is 0. The number of aryl methyl sites for hydroxylation is 1. The maximum Gasteiger partial charge on any atom is 0.0251 e. The van der Waals surface area contributed by atoms with Gasteiger partial charge in [0.05, 0.1) is 0 Å². The maximum atomic E-state index is 4.08. The highest BCUT2D eigenvalue weighted by Gasteiger charge is 2.23. The Hall–Kier alpha value is -1.08. The molecule has 0 saturated carbocycles. The van der Waals surface area contributed by atoms with Gasteiger partial charge >= 0.3 is 0 Å². The fourth-order valence-electron chi connectivity index (χ4n) is 5.00. The highest BCUT2D eigenvalue weighted by Crippen LogP contribution is 2.43. The van der Waals surface area contributed by atoms with Gasteiger partial charge in [0.15, 0.2) is 0 Å². The van der Waals surface area contributed by atoms with Crippen LogP contribution in [-0.4, -0.2) is 0 Å². The summed E-state index contributed by atoms with van der Waals surface area (Å²) in [5, 5.41) is 0. The van der Waals surface area contributed by atoms with Crippen molar-refractivity contribution in [1.29, 1.82) is 0 Å². The van der Waals surface area contributed by atoms with E-state index >= 15 is 0 Å². The minimum atomic E-state index is 1.09. The van der Waals surface area contributed by atoms with Gasteiger partial charge in [-0.15, -0.1) is 0 Å². The first-order valence-corrected chi connectivity index (χ1v) is 13.5. The molecule has 0 spiro atoms. The molecule has 30 heavy (non-hydrogen) atoms. The molecule has 0 saturated heterocycles. The zero-order chi connectivity index (χ0) is 21.2. The van der Waals surface area contributed by atoms with Crippen molar-refractivity contribution < 1.29 is 0 Å². The third kappa shape index (κ3) is 6.22. The maximum absolute atomic E-state index is 4.08. The molecule has 0 radical (unpaired) electrons. The van der Waals surface area contributed by atoms with E-state index in [1.54, 1.807) is 11.1 Å². The quantitative estimate of drug-likeness (QED) is 0.206. The van der Waals surface area contributed by atoms with Crippen molar-refractivity contribution in [1.82, 2.24) is 0 Å². The zero-order valence-corrected chi connectivity index (χ0v) is 21.0. The molecule has 0 N–H and O–H groups in total. The Balaban J connectivity index is 1.71. The van der Waals surface area contributed by atoms with Crippen molar-refractivity contribution in [3.05, 3.63) is 57.1 Å². The molecule has 1 aliphatic carbocycles. The molecule has 3 rings (SSSR count). The van der Waals surface area contributed by atoms with E-state index < -0.39 is 0 Å². The first-order chi connectivity index (χ1) is 14.8. The Labute approximate surface area is 194 Å². The van der Waals surface area contributed by atoms with Gasteiger partial charge in [0, 0.05) is 4.47 Å². The molecule has 1 heteroatoms. The molecule has 0 amide bonds. The molecule has 2 aromatic rings. The van der Waals surface area contributed by atoms with Crippen LogP contribution in [-0.2, 0) is 19.3 Å². The Morgan fingerprint density at radius 2 is 1.30 bits per heavy atom. The third-order valence-corrected chi connectivity index (χ3v) is 7.77. The van der Waals surface area contributed by atoms with Crippen LogP contribution in [0.1, 0.15) is 113 Å². The fourth-order valence-corrected chi connectivity index (χ4v) is 5.81. The lowest BCUT2D eigenvalue weighted by atomic mass is 9.91. The third-order valence-electron chi connectivity index (χ3n) is 6.82. The van der Waals surface area contributed by atoms with Gasteiger partial charge in [-0.1, -0.05) is 124 Å². The average Bonchev–Trinajstić information content (AvgIpc) is 3.13. The lowest BCUT2D eigenvalue weighted by molar-refractivity contribution is 0.598. The van der Waals surface area contributed by atoms with Crippen molar-refractivity contribution in [2.45, 2.75) is 110 Å². The Morgan fingerprint density at radius 3 is 2.00 bits per heavy atom. The molecule has 2 aromatic carbocycles. The van der Waals surface area contributed by atoms with Crippen molar-refractivity contribution in [3.63, 3.8) is 0 Å². The van der Waals surface area contributed by atoms with Crippen LogP contribution in [0.25, 0.3) is 11.1 Å². The van der Waals surface area contributed by atoms with Crippen LogP contribution in [0.2, 0.25) is 0 Å². The molecule has 164 valence electrons. The largest absolute Gasteiger partial charge is 0.0654 e. The molecular weight excluding hydrogens is 428 g/mol. The van der Waals surface area contributed by atoms with Crippen molar-refractivity contribution in [2.75, 3.05) is 0 Å². The zero-order valence-electron chi connectivity index (χ0n) is 19.4. The summed E-state index contributed by atoms with van der Waals surface area (Å²) in [5.74, 6) is 0. The number of hydrogen-bond acceptors (Lipinski definition) is 0. The summed E-state index contributed by atoms with van der Waals surface area (Å²) in [6.45, 7) is 4.60. The van der Waals surface area contributed by atoms with E-state index in [1.165, 1.54) is 117 Å². The van der Waals surface area contributed by atoms with Crippen LogP contribution in [0.5, 0.6) is 0 Å². The molecule has 0 bridgehead atoms. The van der Waals surface area contributed by atoms with Gasteiger partial charge in [-0.25, -0.2) is 0 Å². The Morgan fingerprint density at radius 1 is 0.700 bits per heavy atom. The second-order valence-electron chi connectivity index (χ2n) is 9.22. The molecule has 1 aliphatic rings. The second-order valence-corrected chi connectivity index (χ2v) is 10.0. The van der Waals surface area contributed by atoms with E-state index in [1.807, 2.05) is 0 Å². The molecular formula is C29H41Br. The van der Waals surface area contributed by atoms with Crippen LogP contribution in [0, 0.1) is 0 Å². The van der Waals surface area contributed by atoms with Crippen LogP contribution in [0.4, 0.5) is 0 Å². The van der Waals surface area contributed by atoms with Gasteiger partial charge in [-0.05, 0) is 65.5 Å². The molecule has 0 atom stereocenters. The van der Waals surface area contributed by atoms with Gasteiger partial charge in [0.25, 0.3) is 0 Å². The van der Waals surface area contributed by atoms with Gasteiger partial charge < -0.3 is 0 Å². The minimum absolute atomic E-state index is 1.09. The predicted octanol–water partition coefficient (Wildman–Crippen LogP) is 9.83.